The van der Waals surface area contributed by atoms with Gasteiger partial charge in [0.15, 0.2) is 17.3 Å². The number of ketones is 1. The van der Waals surface area contributed by atoms with Crippen LogP contribution in [0.4, 0.5) is 4.39 Å². The minimum absolute atomic E-state index is 0.000880. The first-order valence-electron chi connectivity index (χ1n) is 4.73. The van der Waals surface area contributed by atoms with Crippen molar-refractivity contribution < 1.29 is 13.9 Å². The zero-order chi connectivity index (χ0) is 12.3. The second kappa shape index (κ2) is 5.41. The van der Waals surface area contributed by atoms with Crippen LogP contribution >= 0.6 is 15.9 Å². The number of likely N-dealkylation sites (N-methyl/N-ethyl adjacent to an activating group) is 1. The van der Waals surface area contributed by atoms with Crippen molar-refractivity contribution in [3.05, 3.63) is 27.5 Å². The molecule has 1 aromatic rings. The van der Waals surface area contributed by atoms with Crippen LogP contribution in [0.1, 0.15) is 15.9 Å². The topological polar surface area (TPSA) is 38.3 Å². The van der Waals surface area contributed by atoms with Gasteiger partial charge in [-0.3, -0.25) is 4.79 Å². The van der Waals surface area contributed by atoms with E-state index >= 15 is 0 Å². The molecule has 0 bridgehead atoms. The highest BCUT2D eigenvalue weighted by Gasteiger charge is 2.20. The number of methoxy groups -OCH3 is 1. The van der Waals surface area contributed by atoms with Crippen molar-refractivity contribution in [2.24, 2.45) is 0 Å². The summed E-state index contributed by atoms with van der Waals surface area (Å²) in [4.78, 5) is 11.8. The van der Waals surface area contributed by atoms with Crippen LogP contribution in [-0.4, -0.2) is 26.5 Å². The number of ether oxygens (including phenoxy) is 1. The first-order chi connectivity index (χ1) is 7.52. The molecule has 0 atom stereocenters. The van der Waals surface area contributed by atoms with E-state index in [1.165, 1.54) is 13.2 Å². The molecular weight excluding hydrogens is 277 g/mol. The van der Waals surface area contributed by atoms with E-state index < -0.39 is 5.82 Å². The first kappa shape index (κ1) is 13.1. The van der Waals surface area contributed by atoms with E-state index in [0.717, 1.165) is 0 Å². The van der Waals surface area contributed by atoms with Crippen molar-refractivity contribution in [3.8, 4) is 5.75 Å². The number of hydrogen-bond donors (Lipinski definition) is 1. The highest BCUT2D eigenvalue weighted by molar-refractivity contribution is 9.10. The maximum Gasteiger partial charge on any atom is 0.180 e. The summed E-state index contributed by atoms with van der Waals surface area (Å²) in [5.74, 6) is -0.738. The molecule has 0 amide bonds. The second-order valence-corrected chi connectivity index (χ2v) is 4.18. The van der Waals surface area contributed by atoms with Gasteiger partial charge in [0.05, 0.1) is 19.2 Å². The largest absolute Gasteiger partial charge is 0.493 e. The summed E-state index contributed by atoms with van der Waals surface area (Å²) in [6, 6.07) is 1.30. The molecule has 0 aliphatic carbocycles. The Morgan fingerprint density at radius 2 is 2.25 bits per heavy atom. The quantitative estimate of drug-likeness (QED) is 0.865. The van der Waals surface area contributed by atoms with Gasteiger partial charge in [0.25, 0.3) is 0 Å². The van der Waals surface area contributed by atoms with Gasteiger partial charge in [-0.25, -0.2) is 4.39 Å². The van der Waals surface area contributed by atoms with Crippen molar-refractivity contribution in [1.82, 2.24) is 5.32 Å². The third kappa shape index (κ3) is 2.41. The molecule has 0 aliphatic rings. The molecule has 1 aromatic carbocycles. The van der Waals surface area contributed by atoms with Crippen LogP contribution in [0.5, 0.6) is 5.75 Å². The van der Waals surface area contributed by atoms with Gasteiger partial charge in [-0.2, -0.15) is 0 Å². The van der Waals surface area contributed by atoms with E-state index in [2.05, 4.69) is 21.2 Å². The summed E-state index contributed by atoms with van der Waals surface area (Å²) in [5, 5.41) is 2.74. The lowest BCUT2D eigenvalue weighted by Gasteiger charge is -2.13. The van der Waals surface area contributed by atoms with Gasteiger partial charge in [-0.05, 0) is 25.6 Å². The predicted octanol–water partition coefficient (Wildman–Crippen LogP) is 2.31. The molecule has 0 heterocycles. The molecule has 1 N–H and O–H groups in total. The number of benzene rings is 1. The molecular formula is C11H13BrFNO2. The van der Waals surface area contributed by atoms with Gasteiger partial charge in [-0.1, -0.05) is 15.9 Å². The average molecular weight is 290 g/mol. The number of hydrogen-bond acceptors (Lipinski definition) is 3. The summed E-state index contributed by atoms with van der Waals surface area (Å²) < 4.78 is 19.1. The Kier molecular flexibility index (Phi) is 4.44. The van der Waals surface area contributed by atoms with Crippen molar-refractivity contribution in [2.75, 3.05) is 20.7 Å². The van der Waals surface area contributed by atoms with Gasteiger partial charge < -0.3 is 10.1 Å². The smallest absolute Gasteiger partial charge is 0.180 e. The van der Waals surface area contributed by atoms with Gasteiger partial charge >= 0.3 is 0 Å². The zero-order valence-electron chi connectivity index (χ0n) is 9.36. The van der Waals surface area contributed by atoms with Crippen molar-refractivity contribution in [1.29, 1.82) is 0 Å². The third-order valence-electron chi connectivity index (χ3n) is 2.25. The van der Waals surface area contributed by atoms with Crippen molar-refractivity contribution >= 4 is 21.7 Å². The molecule has 0 radical (unpaired) electrons. The molecule has 0 fully saturated rings. The van der Waals surface area contributed by atoms with Crippen LogP contribution in [-0.2, 0) is 0 Å². The monoisotopic (exact) mass is 289 g/mol. The first-order valence-corrected chi connectivity index (χ1v) is 5.52. The maximum atomic E-state index is 13.6. The number of carbonyl (C=O) groups is 1. The van der Waals surface area contributed by atoms with E-state index in [1.54, 1.807) is 14.0 Å². The van der Waals surface area contributed by atoms with Crippen LogP contribution < -0.4 is 10.1 Å². The molecule has 0 aliphatic heterocycles. The summed E-state index contributed by atoms with van der Waals surface area (Å²) >= 11 is 3.21. The van der Waals surface area contributed by atoms with Gasteiger partial charge in [-0.15, -0.1) is 0 Å². The third-order valence-corrected chi connectivity index (χ3v) is 3.07. The van der Waals surface area contributed by atoms with Crippen LogP contribution in [0.2, 0.25) is 0 Å². The number of nitrogens with one attached hydrogen (secondary N) is 1. The fourth-order valence-corrected chi connectivity index (χ4v) is 1.88. The lowest BCUT2D eigenvalue weighted by molar-refractivity contribution is 0.0989. The minimum Gasteiger partial charge on any atom is -0.493 e. The van der Waals surface area contributed by atoms with Crippen molar-refractivity contribution in [2.45, 2.75) is 6.92 Å². The van der Waals surface area contributed by atoms with E-state index in [9.17, 15) is 9.18 Å². The van der Waals surface area contributed by atoms with Crippen LogP contribution in [0.15, 0.2) is 10.5 Å². The number of halogens is 2. The zero-order valence-corrected chi connectivity index (χ0v) is 10.9. The number of Topliss-reactive ketones (excluding diaryl/α,β-unsaturated/α-hetero) is 1. The standard InChI is InChI=1S/C11H13BrFNO2/c1-6-7(12)4-8(13)11(16-3)10(6)9(15)5-14-2/h4,14H,5H2,1-3H3. The Morgan fingerprint density at radius 3 is 2.75 bits per heavy atom. The molecule has 5 heteroatoms. The fourth-order valence-electron chi connectivity index (χ4n) is 1.48. The highest BCUT2D eigenvalue weighted by Crippen LogP contribution is 2.31. The molecule has 3 nitrogen and oxygen atoms in total. The molecule has 0 spiro atoms. The van der Waals surface area contributed by atoms with Crippen LogP contribution in [0, 0.1) is 12.7 Å². The molecule has 0 saturated carbocycles. The lowest BCUT2D eigenvalue weighted by atomic mass is 10.0. The Bertz CT molecular complexity index is 421. The van der Waals surface area contributed by atoms with E-state index in [1.807, 2.05) is 0 Å². The lowest BCUT2D eigenvalue weighted by Crippen LogP contribution is -2.20. The van der Waals surface area contributed by atoms with E-state index in [0.29, 0.717) is 10.0 Å². The second-order valence-electron chi connectivity index (χ2n) is 3.33. The Morgan fingerprint density at radius 1 is 1.62 bits per heavy atom. The molecule has 88 valence electrons. The van der Waals surface area contributed by atoms with Crippen LogP contribution in [0.3, 0.4) is 0 Å². The van der Waals surface area contributed by atoms with Gasteiger partial charge in [0.2, 0.25) is 0 Å². The number of rotatable bonds is 4. The van der Waals surface area contributed by atoms with Gasteiger partial charge in [0, 0.05) is 4.47 Å². The Balaban J connectivity index is 3.38. The van der Waals surface area contributed by atoms with E-state index in [4.69, 9.17) is 4.74 Å². The summed E-state index contributed by atoms with van der Waals surface area (Å²) in [5.41, 5.74) is 0.960. The summed E-state index contributed by atoms with van der Waals surface area (Å²) in [7, 11) is 3.01. The average Bonchev–Trinajstić information content (AvgIpc) is 2.23. The van der Waals surface area contributed by atoms with Crippen LogP contribution in [0.25, 0.3) is 0 Å². The molecule has 1 rings (SSSR count). The van der Waals surface area contributed by atoms with E-state index in [-0.39, 0.29) is 23.6 Å². The minimum atomic E-state index is -0.542. The Labute approximate surface area is 102 Å². The molecule has 0 aromatic heterocycles. The van der Waals surface area contributed by atoms with Gasteiger partial charge in [0.1, 0.15) is 0 Å². The SMILES string of the molecule is CNCC(=O)c1c(C)c(Br)cc(F)c1OC. The fraction of sp³-hybridized carbons (Fsp3) is 0.364. The summed E-state index contributed by atoms with van der Waals surface area (Å²) in [6.45, 7) is 1.89. The molecule has 0 saturated heterocycles. The maximum absolute atomic E-state index is 13.6. The van der Waals surface area contributed by atoms with Crippen molar-refractivity contribution in [3.63, 3.8) is 0 Å². The highest BCUT2D eigenvalue weighted by atomic mass is 79.9. The summed E-state index contributed by atoms with van der Waals surface area (Å²) in [6.07, 6.45) is 0. The predicted molar refractivity (Wildman–Crippen MR) is 63.6 cm³/mol. The molecule has 0 unspecified atom stereocenters. The number of carbonyl (C=O) groups excluding carboxylic acids is 1. The Hall–Kier alpha value is -0.940. The normalized spacial score (nSPS) is 10.3. The molecule has 16 heavy (non-hydrogen) atoms.